The van der Waals surface area contributed by atoms with Gasteiger partial charge in [0.25, 0.3) is 0 Å². The van der Waals surface area contributed by atoms with Gasteiger partial charge in [0.05, 0.1) is 6.61 Å². The summed E-state index contributed by atoms with van der Waals surface area (Å²) in [6.45, 7) is 4.00. The first-order chi connectivity index (χ1) is 33.1. The fraction of sp³-hybridized carbons (Fsp3) is 0.742. The zero-order chi connectivity index (χ0) is 48.5. The first-order valence-electron chi connectivity index (χ1n) is 28.6. The molecule has 0 spiro atoms. The van der Waals surface area contributed by atoms with Crippen molar-refractivity contribution in [3.8, 4) is 0 Å². The Labute approximate surface area is 416 Å². The lowest BCUT2D eigenvalue weighted by Crippen LogP contribution is -2.28. The maximum absolute atomic E-state index is 12.3. The van der Waals surface area contributed by atoms with Gasteiger partial charge in [-0.1, -0.05) is 259 Å². The maximum Gasteiger partial charge on any atom is 0.306 e. The highest BCUT2D eigenvalue weighted by Gasteiger charge is 2.16. The summed E-state index contributed by atoms with van der Waals surface area (Å²) in [5, 5.41) is 9.61. The molecule has 5 heteroatoms. The van der Waals surface area contributed by atoms with Crippen LogP contribution in [0.1, 0.15) is 277 Å². The Hall–Kier alpha value is -2.92. The largest absolute Gasteiger partial charge is 0.462 e. The third kappa shape index (κ3) is 55.6. The predicted octanol–water partition coefficient (Wildman–Crippen LogP) is 19.4. The highest BCUT2D eigenvalue weighted by atomic mass is 16.6. The van der Waals surface area contributed by atoms with Crippen molar-refractivity contribution in [1.29, 1.82) is 0 Å². The Balaban J connectivity index is 3.41. The summed E-state index contributed by atoms with van der Waals surface area (Å²) >= 11 is 0. The third-order valence-electron chi connectivity index (χ3n) is 12.4. The van der Waals surface area contributed by atoms with Crippen molar-refractivity contribution >= 4 is 11.9 Å². The quantitative estimate of drug-likeness (QED) is 0.0374. The van der Waals surface area contributed by atoms with Gasteiger partial charge in [0.15, 0.2) is 6.10 Å². The summed E-state index contributed by atoms with van der Waals surface area (Å²) in [6, 6.07) is 0. The van der Waals surface area contributed by atoms with E-state index < -0.39 is 6.10 Å². The van der Waals surface area contributed by atoms with Crippen LogP contribution in [-0.2, 0) is 19.1 Å². The topological polar surface area (TPSA) is 72.8 Å². The van der Waals surface area contributed by atoms with Crippen LogP contribution < -0.4 is 0 Å². The third-order valence-corrected chi connectivity index (χ3v) is 12.4. The molecule has 0 saturated carbocycles. The summed E-state index contributed by atoms with van der Waals surface area (Å²) < 4.78 is 10.7. The number of unbranched alkanes of at least 4 members (excludes halogenated alkanes) is 30. The molecule has 0 aliphatic rings. The lowest BCUT2D eigenvalue weighted by molar-refractivity contribution is -0.161. The van der Waals surface area contributed by atoms with E-state index in [2.05, 4.69) is 98.9 Å². The molecule has 0 radical (unpaired) electrons. The van der Waals surface area contributed by atoms with E-state index in [-0.39, 0.29) is 25.2 Å². The number of aliphatic hydroxyl groups is 1. The van der Waals surface area contributed by atoms with Gasteiger partial charge in [-0.05, 0) is 89.9 Å². The summed E-state index contributed by atoms with van der Waals surface area (Å²) in [5.74, 6) is -0.594. The number of esters is 2. The first kappa shape index (κ1) is 64.1. The Morgan fingerprint density at radius 2 is 0.642 bits per heavy atom. The zero-order valence-corrected chi connectivity index (χ0v) is 44.1. The van der Waals surface area contributed by atoms with E-state index in [0.29, 0.717) is 12.8 Å². The van der Waals surface area contributed by atoms with E-state index in [9.17, 15) is 14.7 Å². The first-order valence-corrected chi connectivity index (χ1v) is 28.6. The fourth-order valence-electron chi connectivity index (χ4n) is 8.14. The van der Waals surface area contributed by atoms with Gasteiger partial charge < -0.3 is 14.6 Å². The van der Waals surface area contributed by atoms with Gasteiger partial charge in [-0.3, -0.25) is 9.59 Å². The molecule has 67 heavy (non-hydrogen) atoms. The van der Waals surface area contributed by atoms with Crippen molar-refractivity contribution in [3.05, 3.63) is 85.1 Å². The van der Waals surface area contributed by atoms with Gasteiger partial charge in [-0.25, -0.2) is 0 Å². The normalized spacial score (nSPS) is 12.8. The minimum atomic E-state index is -0.774. The van der Waals surface area contributed by atoms with Gasteiger partial charge in [-0.15, -0.1) is 0 Å². The number of hydrogen-bond donors (Lipinski definition) is 1. The summed E-state index contributed by atoms with van der Waals surface area (Å²) in [7, 11) is 0. The van der Waals surface area contributed by atoms with Crippen molar-refractivity contribution in [2.75, 3.05) is 13.2 Å². The van der Waals surface area contributed by atoms with Crippen molar-refractivity contribution in [2.24, 2.45) is 0 Å². The number of aliphatic hydroxyl groups excluding tert-OH is 1. The molecule has 386 valence electrons. The minimum Gasteiger partial charge on any atom is -0.462 e. The van der Waals surface area contributed by atoms with Crippen molar-refractivity contribution in [1.82, 2.24) is 0 Å². The molecule has 0 saturated heterocycles. The minimum absolute atomic E-state index is 0.0687. The summed E-state index contributed by atoms with van der Waals surface area (Å²) in [5.41, 5.74) is 0. The lowest BCUT2D eigenvalue weighted by Gasteiger charge is -2.15. The highest BCUT2D eigenvalue weighted by Crippen LogP contribution is 2.17. The predicted molar refractivity (Wildman–Crippen MR) is 293 cm³/mol. The Morgan fingerprint density at radius 1 is 0.358 bits per heavy atom. The number of carbonyl (C=O) groups excluding carboxylic acids is 2. The Morgan fingerprint density at radius 3 is 0.985 bits per heavy atom. The summed E-state index contributed by atoms with van der Waals surface area (Å²) in [4.78, 5) is 24.4. The van der Waals surface area contributed by atoms with Crippen LogP contribution in [0.3, 0.4) is 0 Å². The van der Waals surface area contributed by atoms with Crippen molar-refractivity contribution in [3.63, 3.8) is 0 Å². The molecular formula is C62H108O5. The Kier molecular flexibility index (Phi) is 54.9. The molecular weight excluding hydrogens is 825 g/mol. The second-order valence-electron chi connectivity index (χ2n) is 19.0. The van der Waals surface area contributed by atoms with Crippen molar-refractivity contribution in [2.45, 2.75) is 283 Å². The van der Waals surface area contributed by atoms with E-state index in [1.165, 1.54) is 167 Å². The van der Waals surface area contributed by atoms with Crippen LogP contribution in [0.2, 0.25) is 0 Å². The number of allylic oxidation sites excluding steroid dienone is 14. The van der Waals surface area contributed by atoms with E-state index in [1.807, 2.05) is 0 Å². The zero-order valence-electron chi connectivity index (χ0n) is 44.1. The van der Waals surface area contributed by atoms with Crippen LogP contribution in [0.4, 0.5) is 0 Å². The molecule has 0 bridgehead atoms. The molecule has 0 aromatic carbocycles. The fourth-order valence-corrected chi connectivity index (χ4v) is 8.14. The molecule has 0 aliphatic carbocycles. The molecule has 1 unspecified atom stereocenters. The molecule has 5 nitrogen and oxygen atoms in total. The summed E-state index contributed by atoms with van der Waals surface area (Å²) in [6.07, 6.45) is 80.1. The SMILES string of the molecule is CC/C=C\C/C=C\C/C=C\C/C=C\C/C=C\C/C=C\CCCCCCCCCCCCCCCCCCCCCCCCC(=O)OC(CO)COC(=O)CCCCCCC/C=C\CCCCC. The van der Waals surface area contributed by atoms with Crippen LogP contribution in [0.5, 0.6) is 0 Å². The van der Waals surface area contributed by atoms with Gasteiger partial charge in [0.2, 0.25) is 0 Å². The van der Waals surface area contributed by atoms with Crippen LogP contribution in [0, 0.1) is 0 Å². The highest BCUT2D eigenvalue weighted by molar-refractivity contribution is 5.70. The molecule has 1 atom stereocenters. The molecule has 0 amide bonds. The average molecular weight is 934 g/mol. The monoisotopic (exact) mass is 933 g/mol. The number of rotatable bonds is 52. The van der Waals surface area contributed by atoms with Gasteiger partial charge in [0, 0.05) is 12.8 Å². The molecule has 0 aromatic heterocycles. The number of carbonyl (C=O) groups is 2. The number of ether oxygens (including phenoxy) is 2. The van der Waals surface area contributed by atoms with E-state index in [0.717, 1.165) is 83.5 Å². The smallest absolute Gasteiger partial charge is 0.306 e. The molecule has 0 aliphatic heterocycles. The average Bonchev–Trinajstić information content (AvgIpc) is 3.33. The molecule has 0 rings (SSSR count). The standard InChI is InChI=1S/C62H108O5/c1-3-5-7-9-11-13-15-17-18-19-20-21-22-23-24-25-26-27-28-29-30-31-32-33-34-35-36-37-38-39-40-41-42-43-44-45-47-49-51-53-55-57-62(65)67-60(58-63)59-66-61(64)56-54-52-50-48-46-16-14-12-10-8-6-4-2/h5,7,11-14,17-18,20-21,23-24,26-27,60,63H,3-4,6,8-10,15-16,19,22,25,28-59H2,1-2H3/b7-5-,13-11-,14-12-,18-17-,21-20-,24-23-,27-26-. The second-order valence-corrected chi connectivity index (χ2v) is 19.0. The lowest BCUT2D eigenvalue weighted by atomic mass is 10.0. The molecule has 0 heterocycles. The van der Waals surface area contributed by atoms with E-state index in [1.54, 1.807) is 0 Å². The van der Waals surface area contributed by atoms with E-state index >= 15 is 0 Å². The Bertz CT molecular complexity index is 1240. The van der Waals surface area contributed by atoms with Crippen LogP contribution >= 0.6 is 0 Å². The van der Waals surface area contributed by atoms with Crippen LogP contribution in [0.15, 0.2) is 85.1 Å². The second kappa shape index (κ2) is 57.4. The van der Waals surface area contributed by atoms with Gasteiger partial charge in [0.1, 0.15) is 6.61 Å². The van der Waals surface area contributed by atoms with Crippen molar-refractivity contribution < 1.29 is 24.2 Å². The van der Waals surface area contributed by atoms with E-state index in [4.69, 9.17) is 9.47 Å². The molecule has 0 fully saturated rings. The van der Waals surface area contributed by atoms with Crippen LogP contribution in [0.25, 0.3) is 0 Å². The molecule has 0 aromatic rings. The van der Waals surface area contributed by atoms with Crippen LogP contribution in [-0.4, -0.2) is 36.4 Å². The van der Waals surface area contributed by atoms with Gasteiger partial charge >= 0.3 is 11.9 Å². The maximum atomic E-state index is 12.3. The number of hydrogen-bond acceptors (Lipinski definition) is 5. The van der Waals surface area contributed by atoms with Gasteiger partial charge in [-0.2, -0.15) is 0 Å². The molecule has 1 N–H and O–H groups in total.